The Bertz CT molecular complexity index is 525. The first-order chi connectivity index (χ1) is 8.70. The molecule has 0 aliphatic heterocycles. The van der Waals surface area contributed by atoms with Gasteiger partial charge in [-0.15, -0.1) is 0 Å². The van der Waals surface area contributed by atoms with Crippen molar-refractivity contribution in [3.63, 3.8) is 0 Å². The first-order valence-corrected chi connectivity index (χ1v) is 6.23. The molecular formula is C13H15ClFN3. The minimum Gasteiger partial charge on any atom is -0.313 e. The highest BCUT2D eigenvalue weighted by atomic mass is 35.5. The maximum atomic E-state index is 13.3. The van der Waals surface area contributed by atoms with Crippen LogP contribution in [-0.2, 0) is 13.1 Å². The predicted octanol–water partition coefficient (Wildman–Crippen LogP) is 2.83. The van der Waals surface area contributed by atoms with Gasteiger partial charge in [-0.3, -0.25) is 4.68 Å². The summed E-state index contributed by atoms with van der Waals surface area (Å²) in [6.45, 7) is 4.23. The molecule has 0 aliphatic rings. The molecule has 1 N–H and O–H groups in total. The lowest BCUT2D eigenvalue weighted by molar-refractivity contribution is 0.619. The van der Waals surface area contributed by atoms with Gasteiger partial charge in [0.15, 0.2) is 0 Å². The van der Waals surface area contributed by atoms with Gasteiger partial charge in [-0.1, -0.05) is 30.7 Å². The number of nitrogens with one attached hydrogen (secondary N) is 1. The van der Waals surface area contributed by atoms with E-state index in [0.29, 0.717) is 6.54 Å². The molecular weight excluding hydrogens is 253 g/mol. The van der Waals surface area contributed by atoms with E-state index >= 15 is 0 Å². The van der Waals surface area contributed by atoms with E-state index in [-0.39, 0.29) is 5.02 Å². The van der Waals surface area contributed by atoms with E-state index in [4.69, 9.17) is 11.6 Å². The van der Waals surface area contributed by atoms with Crippen LogP contribution in [0.4, 0.5) is 4.39 Å². The van der Waals surface area contributed by atoms with Crippen LogP contribution in [-0.4, -0.2) is 16.3 Å². The second kappa shape index (κ2) is 5.98. The van der Waals surface area contributed by atoms with Crippen LogP contribution < -0.4 is 5.32 Å². The summed E-state index contributed by atoms with van der Waals surface area (Å²) >= 11 is 5.91. The lowest BCUT2D eigenvalue weighted by atomic mass is 10.2. The van der Waals surface area contributed by atoms with E-state index in [1.165, 1.54) is 6.07 Å². The fourth-order valence-electron chi connectivity index (χ4n) is 1.70. The molecule has 0 atom stereocenters. The third-order valence-corrected chi connectivity index (χ3v) is 3.05. The second-order valence-corrected chi connectivity index (χ2v) is 4.42. The summed E-state index contributed by atoms with van der Waals surface area (Å²) in [4.78, 5) is 0. The molecule has 3 nitrogen and oxygen atoms in total. The quantitative estimate of drug-likeness (QED) is 0.903. The number of aromatic nitrogens is 2. The number of benzene rings is 1. The van der Waals surface area contributed by atoms with E-state index in [9.17, 15) is 4.39 Å². The Hall–Kier alpha value is -1.39. The highest BCUT2D eigenvalue weighted by molar-refractivity contribution is 6.31. The average Bonchev–Trinajstić information content (AvgIpc) is 2.80. The molecule has 0 saturated carbocycles. The summed E-state index contributed by atoms with van der Waals surface area (Å²) in [5.41, 5.74) is 1.83. The van der Waals surface area contributed by atoms with Crippen LogP contribution in [0.15, 0.2) is 30.6 Å². The zero-order chi connectivity index (χ0) is 13.0. The molecule has 0 radical (unpaired) electrons. The third-order valence-electron chi connectivity index (χ3n) is 2.63. The number of nitrogens with zero attached hydrogens (tertiary/aromatic N) is 2. The Kier molecular flexibility index (Phi) is 4.33. The second-order valence-electron chi connectivity index (χ2n) is 4.04. The molecule has 0 fully saturated rings. The summed E-state index contributed by atoms with van der Waals surface area (Å²) in [7, 11) is 0. The summed E-state index contributed by atoms with van der Waals surface area (Å²) in [6, 6.07) is 4.81. The summed E-state index contributed by atoms with van der Waals surface area (Å²) in [5.74, 6) is -0.394. The van der Waals surface area contributed by atoms with Crippen LogP contribution in [0.3, 0.4) is 0 Å². The van der Waals surface area contributed by atoms with E-state index in [1.54, 1.807) is 23.0 Å². The molecule has 96 valence electrons. The highest BCUT2D eigenvalue weighted by Crippen LogP contribution is 2.20. The van der Waals surface area contributed by atoms with Crippen LogP contribution in [0.5, 0.6) is 0 Å². The van der Waals surface area contributed by atoms with E-state index in [1.807, 2.05) is 6.20 Å². The van der Waals surface area contributed by atoms with Crippen molar-refractivity contribution < 1.29 is 4.39 Å². The first kappa shape index (κ1) is 13.1. The number of rotatable bonds is 5. The van der Waals surface area contributed by atoms with Crippen LogP contribution in [0.25, 0.3) is 0 Å². The van der Waals surface area contributed by atoms with Crippen molar-refractivity contribution in [2.24, 2.45) is 0 Å². The minimum absolute atomic E-state index is 0.168. The maximum Gasteiger partial charge on any atom is 0.142 e. The van der Waals surface area contributed by atoms with Crippen LogP contribution in [0.1, 0.15) is 18.1 Å². The lowest BCUT2D eigenvalue weighted by Crippen LogP contribution is -2.11. The van der Waals surface area contributed by atoms with Crippen molar-refractivity contribution in [3.8, 4) is 0 Å². The largest absolute Gasteiger partial charge is 0.313 e. The van der Waals surface area contributed by atoms with Crippen LogP contribution >= 0.6 is 11.6 Å². The van der Waals surface area contributed by atoms with Gasteiger partial charge in [0.2, 0.25) is 0 Å². The Morgan fingerprint density at radius 1 is 1.44 bits per heavy atom. The zero-order valence-electron chi connectivity index (χ0n) is 10.2. The molecule has 1 heterocycles. The number of hydrogen-bond acceptors (Lipinski definition) is 2. The number of halogens is 2. The van der Waals surface area contributed by atoms with Crippen molar-refractivity contribution in [2.75, 3.05) is 6.54 Å². The van der Waals surface area contributed by atoms with Gasteiger partial charge in [-0.05, 0) is 18.2 Å². The summed E-state index contributed by atoms with van der Waals surface area (Å²) in [6.07, 6.45) is 3.74. The standard InChI is InChI=1S/C13H15ClFN3/c1-2-16-6-10-7-17-18(8-10)9-11-4-3-5-12(15)13(11)14/h3-5,7-8,16H,2,6,9H2,1H3. The molecule has 5 heteroatoms. The first-order valence-electron chi connectivity index (χ1n) is 5.85. The minimum atomic E-state index is -0.394. The van der Waals surface area contributed by atoms with E-state index < -0.39 is 5.82 Å². The van der Waals surface area contributed by atoms with Gasteiger partial charge in [-0.25, -0.2) is 4.39 Å². The van der Waals surface area contributed by atoms with E-state index in [2.05, 4.69) is 17.3 Å². The van der Waals surface area contributed by atoms with Crippen LogP contribution in [0.2, 0.25) is 5.02 Å². The SMILES string of the molecule is CCNCc1cnn(Cc2cccc(F)c2Cl)c1. The fraction of sp³-hybridized carbons (Fsp3) is 0.308. The van der Waals surface area contributed by atoms with Gasteiger partial charge in [0.05, 0.1) is 17.8 Å². The molecule has 0 saturated heterocycles. The topological polar surface area (TPSA) is 29.9 Å². The number of hydrogen-bond donors (Lipinski definition) is 1. The molecule has 2 aromatic rings. The molecule has 0 aliphatic carbocycles. The van der Waals surface area contributed by atoms with E-state index in [0.717, 1.165) is 24.2 Å². The van der Waals surface area contributed by atoms with Gasteiger partial charge >= 0.3 is 0 Å². The van der Waals surface area contributed by atoms with Gasteiger partial charge in [0.1, 0.15) is 5.82 Å². The van der Waals surface area contributed by atoms with Gasteiger partial charge in [0, 0.05) is 18.3 Å². The van der Waals surface area contributed by atoms with Gasteiger partial charge < -0.3 is 5.32 Å². The molecule has 0 amide bonds. The smallest absolute Gasteiger partial charge is 0.142 e. The highest BCUT2D eigenvalue weighted by Gasteiger charge is 2.07. The third kappa shape index (κ3) is 3.09. The van der Waals surface area contributed by atoms with Gasteiger partial charge in [-0.2, -0.15) is 5.10 Å². The maximum absolute atomic E-state index is 13.3. The lowest BCUT2D eigenvalue weighted by Gasteiger charge is -2.05. The molecule has 0 spiro atoms. The van der Waals surface area contributed by atoms with Crippen molar-refractivity contribution in [2.45, 2.75) is 20.0 Å². The summed E-state index contributed by atoms with van der Waals surface area (Å²) < 4.78 is 15.0. The normalized spacial score (nSPS) is 10.8. The molecule has 1 aromatic heterocycles. The monoisotopic (exact) mass is 267 g/mol. The molecule has 2 rings (SSSR count). The van der Waals surface area contributed by atoms with Crippen molar-refractivity contribution in [3.05, 3.63) is 52.6 Å². The predicted molar refractivity (Wildman–Crippen MR) is 70.1 cm³/mol. The Morgan fingerprint density at radius 2 is 2.28 bits per heavy atom. The van der Waals surface area contributed by atoms with Gasteiger partial charge in [0.25, 0.3) is 0 Å². The average molecular weight is 268 g/mol. The van der Waals surface area contributed by atoms with Crippen molar-refractivity contribution >= 4 is 11.6 Å². The Morgan fingerprint density at radius 3 is 3.06 bits per heavy atom. The fourth-order valence-corrected chi connectivity index (χ4v) is 1.88. The Labute approximate surface area is 111 Å². The van der Waals surface area contributed by atoms with Crippen molar-refractivity contribution in [1.82, 2.24) is 15.1 Å². The van der Waals surface area contributed by atoms with Crippen LogP contribution in [0, 0.1) is 5.82 Å². The van der Waals surface area contributed by atoms with Crippen molar-refractivity contribution in [1.29, 1.82) is 0 Å². The molecule has 1 aromatic carbocycles. The molecule has 18 heavy (non-hydrogen) atoms. The Balaban J connectivity index is 2.09. The molecule has 0 bridgehead atoms. The zero-order valence-corrected chi connectivity index (χ0v) is 10.9. The summed E-state index contributed by atoms with van der Waals surface area (Å²) in [5, 5.41) is 7.62. The molecule has 0 unspecified atom stereocenters.